The van der Waals surface area contributed by atoms with E-state index in [2.05, 4.69) is 10.6 Å². The molecule has 106 valence electrons. The molecule has 2 rings (SSSR count). The molecule has 0 radical (unpaired) electrons. The summed E-state index contributed by atoms with van der Waals surface area (Å²) in [5, 5.41) is 25.8. The Hall–Kier alpha value is -3.07. The topological polar surface area (TPSA) is 91.0 Å². The van der Waals surface area contributed by atoms with Crippen molar-refractivity contribution in [3.05, 3.63) is 63.7 Å². The summed E-state index contributed by atoms with van der Waals surface area (Å²) >= 11 is 0. The van der Waals surface area contributed by atoms with E-state index in [1.54, 1.807) is 37.4 Å². The second-order valence-electron chi connectivity index (χ2n) is 4.37. The van der Waals surface area contributed by atoms with Gasteiger partial charge < -0.3 is 10.6 Å². The van der Waals surface area contributed by atoms with Crippen molar-refractivity contribution in [2.24, 2.45) is 0 Å². The van der Waals surface area contributed by atoms with Gasteiger partial charge in [0.2, 0.25) is 0 Å². The summed E-state index contributed by atoms with van der Waals surface area (Å²) in [6.07, 6.45) is 0. The average Bonchev–Trinajstić information content (AvgIpc) is 2.52. The summed E-state index contributed by atoms with van der Waals surface area (Å²) < 4.78 is 0. The van der Waals surface area contributed by atoms with Crippen LogP contribution in [0.3, 0.4) is 0 Å². The van der Waals surface area contributed by atoms with E-state index in [1.165, 1.54) is 0 Å². The molecule has 0 atom stereocenters. The Bertz CT molecular complexity index is 690. The summed E-state index contributed by atoms with van der Waals surface area (Å²) in [6.45, 7) is 0.444. The van der Waals surface area contributed by atoms with Gasteiger partial charge in [-0.05, 0) is 29.8 Å². The van der Waals surface area contributed by atoms with Gasteiger partial charge in [0.1, 0.15) is 11.4 Å². The van der Waals surface area contributed by atoms with Crippen molar-refractivity contribution in [3.8, 4) is 6.07 Å². The molecule has 0 saturated carbocycles. The lowest BCUT2D eigenvalue weighted by Gasteiger charge is -2.10. The minimum Gasteiger partial charge on any atom is -0.382 e. The third-order valence-corrected chi connectivity index (χ3v) is 3.05. The number of nitrogens with zero attached hydrogens (tertiary/aromatic N) is 2. The maximum atomic E-state index is 11.2. The first-order chi connectivity index (χ1) is 10.2. The summed E-state index contributed by atoms with van der Waals surface area (Å²) in [7, 11) is 1.65. The fourth-order valence-corrected chi connectivity index (χ4v) is 1.98. The van der Waals surface area contributed by atoms with E-state index in [1.807, 2.05) is 18.2 Å². The molecule has 0 saturated heterocycles. The molecule has 2 aromatic rings. The Morgan fingerprint density at radius 3 is 2.43 bits per heavy atom. The number of nitrogens with one attached hydrogen (secondary N) is 2. The Kier molecular flexibility index (Phi) is 4.36. The van der Waals surface area contributed by atoms with Crippen molar-refractivity contribution in [1.82, 2.24) is 0 Å². The minimum absolute atomic E-state index is 0.0219. The number of hydrogen-bond acceptors (Lipinski definition) is 5. The Morgan fingerprint density at radius 2 is 1.86 bits per heavy atom. The molecule has 0 aliphatic carbocycles. The molecule has 6 nitrogen and oxygen atoms in total. The van der Waals surface area contributed by atoms with Crippen LogP contribution in [0.4, 0.5) is 17.1 Å². The van der Waals surface area contributed by atoms with Crippen molar-refractivity contribution in [3.63, 3.8) is 0 Å². The first-order valence-corrected chi connectivity index (χ1v) is 6.33. The molecule has 0 heterocycles. The Labute approximate surface area is 122 Å². The number of anilines is 2. The maximum Gasteiger partial charge on any atom is 0.315 e. The van der Waals surface area contributed by atoms with E-state index in [0.29, 0.717) is 23.5 Å². The summed E-state index contributed by atoms with van der Waals surface area (Å²) in [5.74, 6) is 0. The van der Waals surface area contributed by atoms with Crippen molar-refractivity contribution in [2.75, 3.05) is 17.7 Å². The van der Waals surface area contributed by atoms with Gasteiger partial charge >= 0.3 is 5.69 Å². The van der Waals surface area contributed by atoms with Crippen molar-refractivity contribution >= 4 is 17.1 Å². The zero-order chi connectivity index (χ0) is 15.2. The van der Waals surface area contributed by atoms with Crippen LogP contribution in [0, 0.1) is 21.4 Å². The highest BCUT2D eigenvalue weighted by atomic mass is 16.6. The van der Waals surface area contributed by atoms with Crippen LogP contribution in [0.2, 0.25) is 0 Å². The lowest BCUT2D eigenvalue weighted by Crippen LogP contribution is -2.05. The van der Waals surface area contributed by atoms with Crippen LogP contribution in [-0.2, 0) is 6.54 Å². The quantitative estimate of drug-likeness (QED) is 0.649. The third-order valence-electron chi connectivity index (χ3n) is 3.05. The van der Waals surface area contributed by atoms with Crippen LogP contribution in [0.1, 0.15) is 11.1 Å². The standard InChI is InChI=1S/C15H14N4O2/c1-17-13-3-2-4-14(15(13)19(20)21)18-10-12-7-5-11(9-16)6-8-12/h2-8,17-18H,10H2,1H3. The van der Waals surface area contributed by atoms with Crippen LogP contribution in [0.25, 0.3) is 0 Å². The number of benzene rings is 2. The summed E-state index contributed by atoms with van der Waals surface area (Å²) in [4.78, 5) is 10.8. The van der Waals surface area contributed by atoms with Gasteiger partial charge in [-0.3, -0.25) is 10.1 Å². The van der Waals surface area contributed by atoms with E-state index in [9.17, 15) is 10.1 Å². The smallest absolute Gasteiger partial charge is 0.315 e. The predicted octanol–water partition coefficient (Wildman–Crippen LogP) is 3.12. The number of rotatable bonds is 5. The highest BCUT2D eigenvalue weighted by Gasteiger charge is 2.18. The van der Waals surface area contributed by atoms with Gasteiger partial charge in [0.05, 0.1) is 16.6 Å². The second kappa shape index (κ2) is 6.39. The molecule has 2 aromatic carbocycles. The molecule has 0 spiro atoms. The number of nitro benzene ring substituents is 1. The number of hydrogen-bond donors (Lipinski definition) is 2. The molecule has 21 heavy (non-hydrogen) atoms. The fraction of sp³-hybridized carbons (Fsp3) is 0.133. The zero-order valence-corrected chi connectivity index (χ0v) is 11.5. The van der Waals surface area contributed by atoms with Gasteiger partial charge in [-0.2, -0.15) is 5.26 Å². The number of nitro groups is 1. The Balaban J connectivity index is 2.19. The minimum atomic E-state index is -0.410. The van der Waals surface area contributed by atoms with Crippen LogP contribution in [-0.4, -0.2) is 12.0 Å². The summed E-state index contributed by atoms with van der Waals surface area (Å²) in [6, 6.07) is 14.2. The monoisotopic (exact) mass is 282 g/mol. The third kappa shape index (κ3) is 3.28. The van der Waals surface area contributed by atoms with Crippen molar-refractivity contribution in [2.45, 2.75) is 6.54 Å². The molecule has 0 aliphatic heterocycles. The molecular formula is C15H14N4O2. The predicted molar refractivity (Wildman–Crippen MR) is 81.1 cm³/mol. The maximum absolute atomic E-state index is 11.2. The number of nitriles is 1. The molecule has 2 N–H and O–H groups in total. The highest BCUT2D eigenvalue weighted by molar-refractivity contribution is 5.76. The van der Waals surface area contributed by atoms with Crippen LogP contribution in [0.15, 0.2) is 42.5 Å². The molecule has 0 unspecified atom stereocenters. The van der Waals surface area contributed by atoms with E-state index in [-0.39, 0.29) is 5.69 Å². The van der Waals surface area contributed by atoms with E-state index in [0.717, 1.165) is 5.56 Å². The fourth-order valence-electron chi connectivity index (χ4n) is 1.98. The molecule has 0 fully saturated rings. The SMILES string of the molecule is CNc1cccc(NCc2ccc(C#N)cc2)c1[N+](=O)[O-]. The van der Waals surface area contributed by atoms with Gasteiger partial charge in [0.15, 0.2) is 0 Å². The van der Waals surface area contributed by atoms with Crippen molar-refractivity contribution in [1.29, 1.82) is 5.26 Å². The van der Waals surface area contributed by atoms with Gasteiger partial charge in [0.25, 0.3) is 0 Å². The second-order valence-corrected chi connectivity index (χ2v) is 4.37. The Morgan fingerprint density at radius 1 is 1.19 bits per heavy atom. The van der Waals surface area contributed by atoms with E-state index >= 15 is 0 Å². The molecule has 0 aromatic heterocycles. The van der Waals surface area contributed by atoms with Gasteiger partial charge in [-0.25, -0.2) is 0 Å². The van der Waals surface area contributed by atoms with Gasteiger partial charge in [-0.15, -0.1) is 0 Å². The molecule has 0 aliphatic rings. The van der Waals surface area contributed by atoms with E-state index in [4.69, 9.17) is 5.26 Å². The van der Waals surface area contributed by atoms with Crippen LogP contribution >= 0.6 is 0 Å². The van der Waals surface area contributed by atoms with Crippen LogP contribution in [0.5, 0.6) is 0 Å². The van der Waals surface area contributed by atoms with Gasteiger partial charge in [-0.1, -0.05) is 18.2 Å². The first kappa shape index (κ1) is 14.3. The molecule has 0 amide bonds. The lowest BCUT2D eigenvalue weighted by atomic mass is 10.1. The molecule has 6 heteroatoms. The first-order valence-electron chi connectivity index (χ1n) is 6.33. The largest absolute Gasteiger partial charge is 0.382 e. The summed E-state index contributed by atoms with van der Waals surface area (Å²) in [5.41, 5.74) is 2.47. The normalized spacial score (nSPS) is 9.71. The molecule has 0 bridgehead atoms. The van der Waals surface area contributed by atoms with E-state index < -0.39 is 4.92 Å². The van der Waals surface area contributed by atoms with Crippen molar-refractivity contribution < 1.29 is 4.92 Å². The lowest BCUT2D eigenvalue weighted by molar-refractivity contribution is -0.383. The van der Waals surface area contributed by atoms with Gasteiger partial charge in [0, 0.05) is 13.6 Å². The number of para-hydroxylation sites is 1. The van der Waals surface area contributed by atoms with Crippen LogP contribution < -0.4 is 10.6 Å². The average molecular weight is 282 g/mol. The highest BCUT2D eigenvalue weighted by Crippen LogP contribution is 2.32. The molecular weight excluding hydrogens is 268 g/mol. The zero-order valence-electron chi connectivity index (χ0n) is 11.5.